The van der Waals surface area contributed by atoms with Gasteiger partial charge in [0, 0.05) is 18.2 Å². The van der Waals surface area contributed by atoms with Crippen LogP contribution in [-0.2, 0) is 16.8 Å². The fourth-order valence-electron chi connectivity index (χ4n) is 3.68. The largest absolute Gasteiger partial charge is 0.481 e. The molecule has 1 fully saturated rings. The third-order valence-corrected chi connectivity index (χ3v) is 5.23. The van der Waals surface area contributed by atoms with Crippen LogP contribution < -0.4 is 5.32 Å². The molecule has 0 aromatic carbocycles. The number of carboxylic acids is 1. The van der Waals surface area contributed by atoms with Gasteiger partial charge < -0.3 is 15.5 Å². The second kappa shape index (κ2) is 7.31. The quantitative estimate of drug-likeness (QED) is 0.744. The van der Waals surface area contributed by atoms with Gasteiger partial charge in [-0.05, 0) is 58.6 Å². The summed E-state index contributed by atoms with van der Waals surface area (Å²) in [7, 11) is 0. The number of hydrogen-bond donors (Lipinski definition) is 3. The van der Waals surface area contributed by atoms with Gasteiger partial charge in [-0.2, -0.15) is 5.10 Å². The van der Waals surface area contributed by atoms with E-state index in [4.69, 9.17) is 0 Å². The van der Waals surface area contributed by atoms with Crippen molar-refractivity contribution in [3.8, 4) is 0 Å². The highest BCUT2D eigenvalue weighted by Gasteiger charge is 2.42. The van der Waals surface area contributed by atoms with Crippen LogP contribution >= 0.6 is 0 Å². The highest BCUT2D eigenvalue weighted by atomic mass is 16.4. The first kappa shape index (κ1) is 19.4. The maximum absolute atomic E-state index is 11.9. The Morgan fingerprint density at radius 1 is 1.30 bits per heavy atom. The number of aliphatic carboxylic acids is 1. The molecule has 2 aromatic heterocycles. The van der Waals surface area contributed by atoms with Crippen LogP contribution in [0.3, 0.4) is 0 Å². The zero-order valence-electron chi connectivity index (χ0n) is 16.1. The lowest BCUT2D eigenvalue weighted by atomic mass is 9.70. The molecule has 2 heterocycles. The summed E-state index contributed by atoms with van der Waals surface area (Å²) < 4.78 is 1.89. The first-order valence-electron chi connectivity index (χ1n) is 9.39. The van der Waals surface area contributed by atoms with E-state index in [0.29, 0.717) is 37.9 Å². The molecule has 27 heavy (non-hydrogen) atoms. The molecule has 146 valence electrons. The van der Waals surface area contributed by atoms with Gasteiger partial charge in [-0.3, -0.25) is 4.79 Å². The summed E-state index contributed by atoms with van der Waals surface area (Å²) in [6.07, 6.45) is 3.70. The molecular weight excluding hydrogens is 344 g/mol. The van der Waals surface area contributed by atoms with Gasteiger partial charge in [0.25, 0.3) is 0 Å². The second-order valence-corrected chi connectivity index (χ2v) is 8.43. The summed E-state index contributed by atoms with van der Waals surface area (Å²) in [5.74, 6) is 0.691. The number of carboxylic acid groups (broad SMARTS) is 1. The molecule has 0 spiro atoms. The Kier molecular flexibility index (Phi) is 5.24. The molecule has 1 aliphatic rings. The van der Waals surface area contributed by atoms with Crippen LogP contribution in [-0.4, -0.2) is 37.1 Å². The van der Waals surface area contributed by atoms with Gasteiger partial charge in [0.1, 0.15) is 11.6 Å². The van der Waals surface area contributed by atoms with E-state index in [0.717, 1.165) is 11.5 Å². The number of aromatic nitrogens is 3. The van der Waals surface area contributed by atoms with Crippen LogP contribution in [0.15, 0.2) is 30.5 Å². The number of nitrogens with one attached hydrogen (secondary N) is 1. The minimum atomic E-state index is -0.849. The molecule has 0 amide bonds. The monoisotopic (exact) mass is 372 g/mol. The minimum absolute atomic E-state index is 0.167. The highest BCUT2D eigenvalue weighted by Crippen LogP contribution is 2.39. The predicted octanol–water partition coefficient (Wildman–Crippen LogP) is 3.33. The lowest BCUT2D eigenvalue weighted by molar-refractivity contribution is -0.152. The van der Waals surface area contributed by atoms with Crippen LogP contribution in [0, 0.1) is 5.41 Å². The van der Waals surface area contributed by atoms with Crippen molar-refractivity contribution < 1.29 is 15.0 Å². The Morgan fingerprint density at radius 3 is 2.63 bits per heavy atom. The topological polar surface area (TPSA) is 100 Å². The molecular formula is C20H28N4O3. The zero-order valence-corrected chi connectivity index (χ0v) is 16.1. The van der Waals surface area contributed by atoms with Crippen LogP contribution in [0.5, 0.6) is 0 Å². The normalized spacial score (nSPS) is 23.2. The van der Waals surface area contributed by atoms with E-state index in [2.05, 4.69) is 36.2 Å². The van der Waals surface area contributed by atoms with Crippen molar-refractivity contribution in [1.29, 1.82) is 0 Å². The molecule has 7 heteroatoms. The number of carbonyl (C=O) groups is 1. The summed E-state index contributed by atoms with van der Waals surface area (Å²) in [5.41, 5.74) is -0.279. The summed E-state index contributed by atoms with van der Waals surface area (Å²) in [4.78, 5) is 16.6. The van der Waals surface area contributed by atoms with Crippen molar-refractivity contribution in [2.75, 3.05) is 5.32 Å². The fourth-order valence-corrected chi connectivity index (χ4v) is 3.68. The van der Waals surface area contributed by atoms with Crippen molar-refractivity contribution in [1.82, 2.24) is 14.8 Å². The van der Waals surface area contributed by atoms with Crippen molar-refractivity contribution in [2.45, 2.75) is 64.5 Å². The van der Waals surface area contributed by atoms with Crippen LogP contribution in [0.1, 0.15) is 52.1 Å². The van der Waals surface area contributed by atoms with E-state index >= 15 is 0 Å². The highest BCUT2D eigenvalue weighted by molar-refractivity contribution is 5.75. The number of nitrogens with zero attached hydrogens (tertiary/aromatic N) is 3. The molecule has 2 aromatic rings. The van der Waals surface area contributed by atoms with Crippen LogP contribution in [0.4, 0.5) is 11.6 Å². The smallest absolute Gasteiger partial charge is 0.310 e. The van der Waals surface area contributed by atoms with Crippen molar-refractivity contribution >= 4 is 17.6 Å². The number of pyridine rings is 1. The lowest BCUT2D eigenvalue weighted by Gasteiger charge is -2.35. The van der Waals surface area contributed by atoms with Crippen molar-refractivity contribution in [3.05, 3.63) is 36.2 Å². The van der Waals surface area contributed by atoms with Crippen molar-refractivity contribution in [2.24, 2.45) is 5.41 Å². The minimum Gasteiger partial charge on any atom is -0.481 e. The van der Waals surface area contributed by atoms with E-state index in [1.54, 1.807) is 6.20 Å². The van der Waals surface area contributed by atoms with Gasteiger partial charge >= 0.3 is 5.97 Å². The molecule has 0 aliphatic heterocycles. The van der Waals surface area contributed by atoms with E-state index in [1.807, 2.05) is 28.9 Å². The first-order valence-corrected chi connectivity index (χ1v) is 9.39. The molecule has 3 rings (SSSR count). The van der Waals surface area contributed by atoms with Gasteiger partial charge in [-0.1, -0.05) is 6.07 Å². The first-order chi connectivity index (χ1) is 12.7. The second-order valence-electron chi connectivity index (χ2n) is 8.43. The molecule has 0 unspecified atom stereocenters. The van der Waals surface area contributed by atoms with Gasteiger partial charge in [0.2, 0.25) is 0 Å². The number of rotatable bonds is 5. The maximum Gasteiger partial charge on any atom is 0.310 e. The average Bonchev–Trinajstić information content (AvgIpc) is 3.06. The third kappa shape index (κ3) is 4.30. The number of aliphatic hydroxyl groups excluding tert-OH is 1. The zero-order chi connectivity index (χ0) is 19.7. The third-order valence-electron chi connectivity index (χ3n) is 5.23. The summed E-state index contributed by atoms with van der Waals surface area (Å²) in [6.45, 7) is 6.22. The Labute approximate surface area is 159 Å². The maximum atomic E-state index is 11.9. The average molecular weight is 372 g/mol. The Hall–Kier alpha value is -2.41. The summed E-state index contributed by atoms with van der Waals surface area (Å²) in [6, 6.07) is 7.50. The standard InChI is InChI=1S/C20H28N4O3/c1-19(2,3)24-17(9-12-21-24)23-16-6-4-5-14(22-16)13-20(18(26)27)10-7-15(25)8-11-20/h4-6,9,12,15,25H,7-8,10-11,13H2,1-3H3,(H,22,23)(H,26,27)/t15-,20+. The summed E-state index contributed by atoms with van der Waals surface area (Å²) >= 11 is 0. The van der Waals surface area contributed by atoms with Gasteiger partial charge in [0.05, 0.1) is 23.3 Å². The molecule has 0 saturated heterocycles. The lowest BCUT2D eigenvalue weighted by Crippen LogP contribution is -2.38. The Balaban J connectivity index is 1.80. The van der Waals surface area contributed by atoms with E-state index < -0.39 is 17.5 Å². The predicted molar refractivity (Wildman–Crippen MR) is 103 cm³/mol. The molecule has 0 atom stereocenters. The number of aliphatic hydroxyl groups is 1. The molecule has 3 N–H and O–H groups in total. The Morgan fingerprint density at radius 2 is 2.00 bits per heavy atom. The van der Waals surface area contributed by atoms with Crippen LogP contribution in [0.2, 0.25) is 0 Å². The number of hydrogen-bond acceptors (Lipinski definition) is 5. The van der Waals surface area contributed by atoms with E-state index in [1.165, 1.54) is 0 Å². The fraction of sp³-hybridized carbons (Fsp3) is 0.550. The molecule has 0 radical (unpaired) electrons. The SMILES string of the molecule is CC(C)(C)n1nccc1Nc1cccc(C[C@]2(C(=O)O)CC[C@@H](O)CC2)n1. The molecule has 7 nitrogen and oxygen atoms in total. The van der Waals surface area contributed by atoms with Crippen molar-refractivity contribution in [3.63, 3.8) is 0 Å². The van der Waals surface area contributed by atoms with Gasteiger partial charge in [-0.15, -0.1) is 0 Å². The molecule has 1 saturated carbocycles. The summed E-state index contributed by atoms with van der Waals surface area (Å²) in [5, 5.41) is 27.2. The van der Waals surface area contributed by atoms with Gasteiger partial charge in [-0.25, -0.2) is 9.67 Å². The number of anilines is 2. The van der Waals surface area contributed by atoms with Crippen LogP contribution in [0.25, 0.3) is 0 Å². The van der Waals surface area contributed by atoms with E-state index in [-0.39, 0.29) is 5.54 Å². The molecule has 0 bridgehead atoms. The Bertz CT molecular complexity index is 802. The van der Waals surface area contributed by atoms with Gasteiger partial charge in [0.15, 0.2) is 0 Å². The van der Waals surface area contributed by atoms with E-state index in [9.17, 15) is 15.0 Å². The molecule has 1 aliphatic carbocycles.